The van der Waals surface area contributed by atoms with Crippen LogP contribution in [-0.4, -0.2) is 32.0 Å². The van der Waals surface area contributed by atoms with Gasteiger partial charge in [-0.15, -0.1) is 0 Å². The van der Waals surface area contributed by atoms with Gasteiger partial charge in [0.05, 0.1) is 11.0 Å². The number of nitrogens with one attached hydrogen (secondary N) is 1. The summed E-state index contributed by atoms with van der Waals surface area (Å²) in [6.07, 6.45) is 3.93. The fourth-order valence-corrected chi connectivity index (χ4v) is 2.64. The predicted molar refractivity (Wildman–Crippen MR) is 63.7 cm³/mol. The van der Waals surface area contributed by atoms with Gasteiger partial charge in [-0.1, -0.05) is 6.42 Å². The highest BCUT2D eigenvalue weighted by molar-refractivity contribution is 7.92. The summed E-state index contributed by atoms with van der Waals surface area (Å²) < 4.78 is 23.1. The second-order valence-corrected chi connectivity index (χ2v) is 7.53. The molecule has 4 heteroatoms. The van der Waals surface area contributed by atoms with E-state index in [0.717, 1.165) is 5.92 Å². The molecule has 0 spiro atoms. The molecular formula is C11H23NO2S. The van der Waals surface area contributed by atoms with Crippen molar-refractivity contribution in [1.82, 2.24) is 5.32 Å². The van der Waals surface area contributed by atoms with Crippen LogP contribution in [0.2, 0.25) is 0 Å². The van der Waals surface area contributed by atoms with Crippen LogP contribution in [0.15, 0.2) is 0 Å². The molecule has 1 unspecified atom stereocenters. The van der Waals surface area contributed by atoms with Gasteiger partial charge in [0.15, 0.2) is 9.84 Å². The molecule has 0 heterocycles. The average molecular weight is 233 g/mol. The van der Waals surface area contributed by atoms with Crippen molar-refractivity contribution in [2.75, 3.05) is 12.3 Å². The molecule has 0 aromatic carbocycles. The van der Waals surface area contributed by atoms with Crippen molar-refractivity contribution in [1.29, 1.82) is 0 Å². The Morgan fingerprint density at radius 2 is 1.87 bits per heavy atom. The van der Waals surface area contributed by atoms with Crippen LogP contribution in [0, 0.1) is 5.92 Å². The van der Waals surface area contributed by atoms with E-state index in [1.54, 1.807) is 13.8 Å². The average Bonchev–Trinajstić information content (AvgIpc) is 1.99. The van der Waals surface area contributed by atoms with Crippen molar-refractivity contribution in [2.45, 2.75) is 51.3 Å². The van der Waals surface area contributed by atoms with Crippen LogP contribution in [0.4, 0.5) is 0 Å². The molecule has 0 radical (unpaired) electrons. The van der Waals surface area contributed by atoms with Crippen molar-refractivity contribution < 1.29 is 8.42 Å². The lowest BCUT2D eigenvalue weighted by Crippen LogP contribution is -2.39. The lowest BCUT2D eigenvalue weighted by atomic mass is 9.80. The van der Waals surface area contributed by atoms with Crippen LogP contribution < -0.4 is 5.32 Å². The maximum Gasteiger partial charge on any atom is 0.153 e. The quantitative estimate of drug-likeness (QED) is 0.758. The second-order valence-electron chi connectivity index (χ2n) is 4.85. The smallest absolute Gasteiger partial charge is 0.153 e. The van der Waals surface area contributed by atoms with Gasteiger partial charge in [0.2, 0.25) is 0 Å². The molecule has 1 atom stereocenters. The molecule has 90 valence electrons. The molecule has 0 aromatic rings. The normalized spacial score (nSPS) is 20.3. The lowest BCUT2D eigenvalue weighted by Gasteiger charge is -2.32. The molecule has 1 saturated carbocycles. The molecule has 0 saturated heterocycles. The van der Waals surface area contributed by atoms with E-state index in [1.807, 2.05) is 0 Å². The fourth-order valence-electron chi connectivity index (χ4n) is 1.77. The minimum absolute atomic E-state index is 0.252. The molecule has 1 N–H and O–H groups in total. The van der Waals surface area contributed by atoms with Crippen LogP contribution in [-0.2, 0) is 9.84 Å². The third kappa shape index (κ3) is 3.76. The SMILES string of the molecule is CC(NCCS(=O)(=O)C(C)C)C1CCC1. The van der Waals surface area contributed by atoms with Crippen molar-refractivity contribution in [3.63, 3.8) is 0 Å². The van der Waals surface area contributed by atoms with Crippen LogP contribution in [0.3, 0.4) is 0 Å². The Morgan fingerprint density at radius 1 is 1.27 bits per heavy atom. The Kier molecular flexibility index (Phi) is 4.59. The van der Waals surface area contributed by atoms with E-state index in [2.05, 4.69) is 12.2 Å². The molecule has 0 amide bonds. The monoisotopic (exact) mass is 233 g/mol. The topological polar surface area (TPSA) is 46.2 Å². The van der Waals surface area contributed by atoms with E-state index >= 15 is 0 Å². The molecule has 0 bridgehead atoms. The summed E-state index contributed by atoms with van der Waals surface area (Å²) in [4.78, 5) is 0. The minimum Gasteiger partial charge on any atom is -0.313 e. The van der Waals surface area contributed by atoms with Gasteiger partial charge in [0.1, 0.15) is 0 Å². The number of sulfone groups is 1. The highest BCUT2D eigenvalue weighted by Crippen LogP contribution is 2.29. The summed E-state index contributed by atoms with van der Waals surface area (Å²) in [6.45, 7) is 6.24. The van der Waals surface area contributed by atoms with E-state index in [-0.39, 0.29) is 11.0 Å². The van der Waals surface area contributed by atoms with E-state index in [0.29, 0.717) is 12.6 Å². The molecule has 1 rings (SSSR count). The van der Waals surface area contributed by atoms with Gasteiger partial charge >= 0.3 is 0 Å². The first kappa shape index (κ1) is 13.0. The van der Waals surface area contributed by atoms with Gasteiger partial charge in [0, 0.05) is 12.6 Å². The summed E-state index contributed by atoms with van der Waals surface area (Å²) in [7, 11) is -2.87. The summed E-state index contributed by atoms with van der Waals surface area (Å²) >= 11 is 0. The van der Waals surface area contributed by atoms with Gasteiger partial charge in [-0.3, -0.25) is 0 Å². The van der Waals surface area contributed by atoms with Crippen LogP contribution in [0.5, 0.6) is 0 Å². The standard InChI is InChI=1S/C11H23NO2S/c1-9(2)15(13,14)8-7-12-10(3)11-5-4-6-11/h9-12H,4-8H2,1-3H3. The highest BCUT2D eigenvalue weighted by atomic mass is 32.2. The zero-order chi connectivity index (χ0) is 11.5. The number of rotatable bonds is 6. The summed E-state index contributed by atoms with van der Waals surface area (Å²) in [5.41, 5.74) is 0. The van der Waals surface area contributed by atoms with E-state index in [1.165, 1.54) is 19.3 Å². The summed E-state index contributed by atoms with van der Waals surface area (Å²) in [5, 5.41) is 3.06. The van der Waals surface area contributed by atoms with Gasteiger partial charge in [-0.05, 0) is 39.5 Å². The molecule has 3 nitrogen and oxygen atoms in total. The molecule has 1 aliphatic carbocycles. The third-order valence-corrected chi connectivity index (χ3v) is 5.64. The number of hydrogen-bond acceptors (Lipinski definition) is 3. The molecular weight excluding hydrogens is 210 g/mol. The van der Waals surface area contributed by atoms with E-state index in [4.69, 9.17) is 0 Å². The summed E-state index contributed by atoms with van der Waals surface area (Å²) in [5.74, 6) is 1.04. The zero-order valence-electron chi connectivity index (χ0n) is 9.99. The molecule has 15 heavy (non-hydrogen) atoms. The Hall–Kier alpha value is -0.0900. The maximum atomic E-state index is 11.5. The van der Waals surface area contributed by atoms with E-state index < -0.39 is 9.84 Å². The Labute approximate surface area is 93.6 Å². The van der Waals surface area contributed by atoms with E-state index in [9.17, 15) is 8.42 Å². The predicted octanol–water partition coefficient (Wildman–Crippen LogP) is 1.59. The van der Waals surface area contributed by atoms with Gasteiger partial charge in [-0.25, -0.2) is 8.42 Å². The minimum atomic E-state index is -2.87. The van der Waals surface area contributed by atoms with Crippen LogP contribution in [0.25, 0.3) is 0 Å². The fraction of sp³-hybridized carbons (Fsp3) is 1.00. The van der Waals surface area contributed by atoms with Crippen LogP contribution in [0.1, 0.15) is 40.0 Å². The Bertz CT molecular complexity index is 281. The van der Waals surface area contributed by atoms with Crippen molar-refractivity contribution >= 4 is 9.84 Å². The highest BCUT2D eigenvalue weighted by Gasteiger charge is 2.24. The Morgan fingerprint density at radius 3 is 2.27 bits per heavy atom. The van der Waals surface area contributed by atoms with Gasteiger partial charge < -0.3 is 5.32 Å². The van der Waals surface area contributed by atoms with Crippen molar-refractivity contribution in [3.8, 4) is 0 Å². The zero-order valence-corrected chi connectivity index (χ0v) is 10.8. The largest absolute Gasteiger partial charge is 0.313 e. The first-order chi connectivity index (χ1) is 6.93. The third-order valence-electron chi connectivity index (χ3n) is 3.43. The van der Waals surface area contributed by atoms with Crippen molar-refractivity contribution in [2.24, 2.45) is 5.92 Å². The number of hydrogen-bond donors (Lipinski definition) is 1. The molecule has 0 aromatic heterocycles. The first-order valence-electron chi connectivity index (χ1n) is 5.88. The van der Waals surface area contributed by atoms with Crippen molar-refractivity contribution in [3.05, 3.63) is 0 Å². The maximum absolute atomic E-state index is 11.5. The lowest BCUT2D eigenvalue weighted by molar-refractivity contribution is 0.244. The van der Waals surface area contributed by atoms with Crippen LogP contribution >= 0.6 is 0 Å². The summed E-state index contributed by atoms with van der Waals surface area (Å²) in [6, 6.07) is 0.473. The molecule has 1 fully saturated rings. The first-order valence-corrected chi connectivity index (χ1v) is 7.60. The molecule has 1 aliphatic rings. The molecule has 0 aliphatic heterocycles. The Balaban J connectivity index is 2.20. The second kappa shape index (κ2) is 5.30. The van der Waals surface area contributed by atoms with Gasteiger partial charge in [-0.2, -0.15) is 0 Å². The van der Waals surface area contributed by atoms with Gasteiger partial charge in [0.25, 0.3) is 0 Å².